The summed E-state index contributed by atoms with van der Waals surface area (Å²) in [6.07, 6.45) is -0.641. The van der Waals surface area contributed by atoms with E-state index in [1.165, 1.54) is 0 Å². The molecule has 3 aromatic rings. The molecule has 4 nitrogen and oxygen atoms in total. The zero-order chi connectivity index (χ0) is 22.9. The van der Waals surface area contributed by atoms with Gasteiger partial charge in [-0.3, -0.25) is 0 Å². The maximum absolute atomic E-state index is 13.2. The average molecular weight is 474 g/mol. The molecular weight excluding hydrogens is 450 g/mol. The van der Waals surface area contributed by atoms with Crippen LogP contribution in [-0.4, -0.2) is 14.7 Å². The maximum atomic E-state index is 13.2. The van der Waals surface area contributed by atoms with Crippen LogP contribution in [0.4, 0.5) is 24.8 Å². The first kappa shape index (κ1) is 23.5. The predicted octanol–water partition coefficient (Wildman–Crippen LogP) is 8.03. The third-order valence-electron chi connectivity index (χ3n) is 5.36. The average Bonchev–Trinajstić information content (AvgIpc) is 3.01. The van der Waals surface area contributed by atoms with Gasteiger partial charge >= 0.3 is 6.18 Å². The molecule has 0 amide bonds. The molecular formula is C22H24Cl2F3N3O. The van der Waals surface area contributed by atoms with E-state index in [1.54, 1.807) is 11.6 Å². The van der Waals surface area contributed by atoms with Crippen LogP contribution in [0.3, 0.4) is 0 Å². The van der Waals surface area contributed by atoms with Gasteiger partial charge < -0.3 is 15.0 Å². The summed E-state index contributed by atoms with van der Waals surface area (Å²) in [5.41, 5.74) is 1.34. The maximum Gasteiger partial charge on any atom is 0.420 e. The Balaban J connectivity index is 2.12. The van der Waals surface area contributed by atoms with Crippen molar-refractivity contribution in [1.82, 2.24) is 9.55 Å². The number of aromatic nitrogens is 2. The van der Waals surface area contributed by atoms with Gasteiger partial charge in [-0.05, 0) is 36.5 Å². The summed E-state index contributed by atoms with van der Waals surface area (Å²) in [7, 11) is 1.78. The quantitative estimate of drug-likeness (QED) is 0.341. The van der Waals surface area contributed by atoms with Crippen LogP contribution >= 0.6 is 23.2 Å². The zero-order valence-corrected chi connectivity index (χ0v) is 19.0. The summed E-state index contributed by atoms with van der Waals surface area (Å²) in [5.74, 6) is -0.302. The lowest BCUT2D eigenvalue weighted by atomic mass is 9.89. The molecule has 0 atom stereocenters. The third kappa shape index (κ3) is 4.72. The number of imidazole rings is 1. The number of nitrogens with zero attached hydrogens (tertiary/aromatic N) is 2. The molecule has 0 bridgehead atoms. The first-order valence-electron chi connectivity index (χ1n) is 10.1. The lowest BCUT2D eigenvalue weighted by molar-refractivity contribution is -0.138. The topological polar surface area (TPSA) is 50.1 Å². The fourth-order valence-corrected chi connectivity index (χ4v) is 4.32. The normalized spacial score (nSPS) is 12.2. The minimum Gasteiger partial charge on any atom is -0.507 e. The molecule has 0 fully saturated rings. The van der Waals surface area contributed by atoms with Crippen LogP contribution in [0, 0.1) is 0 Å². The van der Waals surface area contributed by atoms with Gasteiger partial charge in [-0.1, -0.05) is 56.0 Å². The van der Waals surface area contributed by atoms with E-state index in [1.807, 2.05) is 12.1 Å². The molecule has 31 heavy (non-hydrogen) atoms. The van der Waals surface area contributed by atoms with Crippen molar-refractivity contribution in [1.29, 1.82) is 0 Å². The van der Waals surface area contributed by atoms with E-state index in [9.17, 15) is 18.3 Å². The Kier molecular flexibility index (Phi) is 6.96. The van der Waals surface area contributed by atoms with Gasteiger partial charge in [0.15, 0.2) is 0 Å². The van der Waals surface area contributed by atoms with E-state index in [-0.39, 0.29) is 10.7 Å². The van der Waals surface area contributed by atoms with Crippen molar-refractivity contribution in [2.45, 2.75) is 51.6 Å². The number of hydrogen-bond donors (Lipinski definition) is 2. The van der Waals surface area contributed by atoms with Gasteiger partial charge in [-0.2, -0.15) is 13.2 Å². The number of phenolic OH excluding ortho intramolecular Hbond substituents is 1. The van der Waals surface area contributed by atoms with Gasteiger partial charge in [-0.25, -0.2) is 4.98 Å². The highest BCUT2D eigenvalue weighted by molar-refractivity contribution is 6.35. The number of hydrogen-bond acceptors (Lipinski definition) is 3. The molecule has 0 aliphatic rings. The second-order valence-electron chi connectivity index (χ2n) is 7.57. The van der Waals surface area contributed by atoms with E-state index >= 15 is 0 Å². The SMILES string of the molecule is CCCC(CCC)c1ccc(Cl)c2nc(Nc3cc(C(F)(F)F)c(O)cc3Cl)n(C)c12. The van der Waals surface area contributed by atoms with Crippen molar-refractivity contribution in [3.8, 4) is 5.75 Å². The van der Waals surface area contributed by atoms with Crippen molar-refractivity contribution in [3.05, 3.63) is 45.4 Å². The Labute approximate surface area is 189 Å². The Morgan fingerprint density at radius 2 is 1.74 bits per heavy atom. The summed E-state index contributed by atoms with van der Waals surface area (Å²) >= 11 is 12.5. The Hall–Kier alpha value is -2.12. The number of anilines is 2. The minimum atomic E-state index is -4.72. The van der Waals surface area contributed by atoms with Crippen LogP contribution in [0.15, 0.2) is 24.3 Å². The summed E-state index contributed by atoms with van der Waals surface area (Å²) in [6, 6.07) is 5.45. The number of phenols is 1. The Morgan fingerprint density at radius 1 is 1.10 bits per heavy atom. The Bertz CT molecular complexity index is 1090. The van der Waals surface area contributed by atoms with Gasteiger partial charge in [0.2, 0.25) is 5.95 Å². The number of fused-ring (bicyclic) bond motifs is 1. The number of benzene rings is 2. The van der Waals surface area contributed by atoms with Crippen molar-refractivity contribution in [2.75, 3.05) is 5.32 Å². The van der Waals surface area contributed by atoms with E-state index in [4.69, 9.17) is 23.2 Å². The monoisotopic (exact) mass is 473 g/mol. The molecule has 0 unspecified atom stereocenters. The molecule has 2 N–H and O–H groups in total. The molecule has 2 aromatic carbocycles. The lowest BCUT2D eigenvalue weighted by Gasteiger charge is -2.18. The molecule has 0 spiro atoms. The molecule has 168 valence electrons. The molecule has 1 aromatic heterocycles. The number of alkyl halides is 3. The van der Waals surface area contributed by atoms with E-state index in [0.29, 0.717) is 22.4 Å². The first-order valence-corrected chi connectivity index (χ1v) is 10.9. The van der Waals surface area contributed by atoms with E-state index in [2.05, 4.69) is 24.1 Å². The van der Waals surface area contributed by atoms with E-state index < -0.39 is 17.5 Å². The molecule has 9 heteroatoms. The molecule has 0 saturated carbocycles. The first-order chi connectivity index (χ1) is 14.6. The van der Waals surface area contributed by atoms with Crippen LogP contribution in [0.1, 0.15) is 56.6 Å². The van der Waals surface area contributed by atoms with Gasteiger partial charge in [-0.15, -0.1) is 0 Å². The minimum absolute atomic E-state index is 0.0125. The molecule has 0 aliphatic carbocycles. The summed E-state index contributed by atoms with van der Waals surface area (Å²) in [5, 5.41) is 12.9. The molecule has 1 heterocycles. The van der Waals surface area contributed by atoms with E-state index in [0.717, 1.165) is 48.9 Å². The second kappa shape index (κ2) is 9.17. The van der Waals surface area contributed by atoms with Crippen LogP contribution < -0.4 is 5.32 Å². The van der Waals surface area contributed by atoms with Crippen molar-refractivity contribution in [2.24, 2.45) is 7.05 Å². The number of halogens is 5. The molecule has 0 saturated heterocycles. The highest BCUT2D eigenvalue weighted by Crippen LogP contribution is 2.42. The number of rotatable bonds is 7. The predicted molar refractivity (Wildman–Crippen MR) is 120 cm³/mol. The van der Waals surface area contributed by atoms with Crippen molar-refractivity contribution >= 4 is 45.9 Å². The van der Waals surface area contributed by atoms with Gasteiger partial charge in [0, 0.05) is 13.1 Å². The van der Waals surface area contributed by atoms with Crippen LogP contribution in [0.5, 0.6) is 5.75 Å². The smallest absolute Gasteiger partial charge is 0.420 e. The van der Waals surface area contributed by atoms with Crippen LogP contribution in [0.2, 0.25) is 10.0 Å². The van der Waals surface area contributed by atoms with Crippen LogP contribution in [0.25, 0.3) is 11.0 Å². The third-order valence-corrected chi connectivity index (χ3v) is 5.97. The molecule has 0 aliphatic heterocycles. The summed E-state index contributed by atoms with van der Waals surface area (Å²) in [4.78, 5) is 4.54. The largest absolute Gasteiger partial charge is 0.507 e. The van der Waals surface area contributed by atoms with Crippen molar-refractivity contribution < 1.29 is 18.3 Å². The standard InChI is InChI=1S/C22H24Cl2F3N3O/c1-4-6-12(7-5-2)13-8-9-15(23)19-20(13)30(3)21(29-19)28-17-10-14(22(25,26)27)18(31)11-16(17)24/h8-12,31H,4-7H2,1-3H3,(H,28,29). The van der Waals surface area contributed by atoms with Gasteiger partial charge in [0.05, 0.1) is 26.8 Å². The summed E-state index contributed by atoms with van der Waals surface area (Å²) < 4.78 is 41.4. The lowest BCUT2D eigenvalue weighted by Crippen LogP contribution is -2.07. The van der Waals surface area contributed by atoms with Gasteiger partial charge in [0.25, 0.3) is 0 Å². The molecule has 0 radical (unpaired) electrons. The fourth-order valence-electron chi connectivity index (χ4n) is 3.92. The number of aryl methyl sites for hydroxylation is 1. The van der Waals surface area contributed by atoms with Crippen LogP contribution in [-0.2, 0) is 13.2 Å². The fraction of sp³-hybridized carbons (Fsp3) is 0.409. The molecule has 3 rings (SSSR count). The highest BCUT2D eigenvalue weighted by Gasteiger charge is 2.35. The zero-order valence-electron chi connectivity index (χ0n) is 17.4. The summed E-state index contributed by atoms with van der Waals surface area (Å²) in [6.45, 7) is 4.27. The second-order valence-corrected chi connectivity index (χ2v) is 8.39. The number of aromatic hydroxyl groups is 1. The van der Waals surface area contributed by atoms with Gasteiger partial charge in [0.1, 0.15) is 11.3 Å². The Morgan fingerprint density at radius 3 is 2.32 bits per heavy atom. The number of nitrogens with one attached hydrogen (secondary N) is 1. The van der Waals surface area contributed by atoms with Crippen molar-refractivity contribution in [3.63, 3.8) is 0 Å². The highest BCUT2D eigenvalue weighted by atomic mass is 35.5.